The molecule has 0 spiro atoms. The van der Waals surface area contributed by atoms with Crippen LogP contribution in [0.15, 0.2) is 23.1 Å². The fraction of sp³-hybridized carbons (Fsp3) is 0.611. The number of hydrogen-bond acceptors (Lipinski definition) is 5. The molecule has 1 heterocycles. The highest BCUT2D eigenvalue weighted by molar-refractivity contribution is 7.89. The van der Waals surface area contributed by atoms with Crippen LogP contribution in [0.5, 0.6) is 5.75 Å². The SMILES string of the molecule is CCN(CC)S(=O)(=O)c1cc(C(=O)N2CCCC(NC)C2)ccc1OC.Cl. The maximum Gasteiger partial charge on any atom is 0.253 e. The van der Waals surface area contributed by atoms with Gasteiger partial charge >= 0.3 is 0 Å². The van der Waals surface area contributed by atoms with Crippen molar-refractivity contribution in [3.05, 3.63) is 23.8 Å². The Labute approximate surface area is 168 Å². The molecule has 1 aliphatic rings. The summed E-state index contributed by atoms with van der Waals surface area (Å²) in [6, 6.07) is 4.90. The number of amides is 1. The Bertz CT molecular complexity index is 738. The number of nitrogens with one attached hydrogen (secondary N) is 1. The minimum Gasteiger partial charge on any atom is -0.495 e. The number of hydrogen-bond donors (Lipinski definition) is 1. The Kier molecular flexibility index (Phi) is 9.01. The maximum atomic E-state index is 12.9. The maximum absolute atomic E-state index is 12.9. The van der Waals surface area contributed by atoms with Crippen molar-refractivity contribution in [3.63, 3.8) is 0 Å². The number of carbonyl (C=O) groups is 1. The van der Waals surface area contributed by atoms with Crippen LogP contribution in [0.1, 0.15) is 37.0 Å². The third-order valence-corrected chi connectivity index (χ3v) is 6.92. The fourth-order valence-corrected chi connectivity index (χ4v) is 4.93. The lowest BCUT2D eigenvalue weighted by molar-refractivity contribution is 0.0698. The van der Waals surface area contributed by atoms with Crippen LogP contribution >= 0.6 is 12.4 Å². The van der Waals surface area contributed by atoms with Gasteiger partial charge in [0, 0.05) is 37.8 Å². The molecule has 1 amide bonds. The molecule has 7 nitrogen and oxygen atoms in total. The Morgan fingerprint density at radius 1 is 1.33 bits per heavy atom. The number of rotatable bonds is 7. The van der Waals surface area contributed by atoms with Crippen molar-refractivity contribution in [3.8, 4) is 5.75 Å². The quantitative estimate of drug-likeness (QED) is 0.731. The van der Waals surface area contributed by atoms with Gasteiger partial charge in [0.15, 0.2) is 0 Å². The van der Waals surface area contributed by atoms with Gasteiger partial charge in [-0.2, -0.15) is 4.31 Å². The second-order valence-corrected chi connectivity index (χ2v) is 8.24. The number of halogens is 1. The number of piperidine rings is 1. The average Bonchev–Trinajstić information content (AvgIpc) is 2.67. The van der Waals surface area contributed by atoms with Gasteiger partial charge in [-0.05, 0) is 38.1 Å². The highest BCUT2D eigenvalue weighted by Crippen LogP contribution is 2.28. The van der Waals surface area contributed by atoms with Gasteiger partial charge in [-0.15, -0.1) is 12.4 Å². The molecular weight excluding hydrogens is 390 g/mol. The van der Waals surface area contributed by atoms with Crippen LogP contribution in [0.4, 0.5) is 0 Å². The predicted octanol–water partition coefficient (Wildman–Crippen LogP) is 1.97. The van der Waals surface area contributed by atoms with Gasteiger partial charge in [0.1, 0.15) is 10.6 Å². The largest absolute Gasteiger partial charge is 0.495 e. The van der Waals surface area contributed by atoms with Crippen molar-refractivity contribution in [1.29, 1.82) is 0 Å². The van der Waals surface area contributed by atoms with Crippen LogP contribution in [-0.4, -0.2) is 69.9 Å². The zero-order chi connectivity index (χ0) is 19.3. The van der Waals surface area contributed by atoms with E-state index in [0.29, 0.717) is 31.7 Å². The van der Waals surface area contributed by atoms with E-state index in [-0.39, 0.29) is 35.0 Å². The van der Waals surface area contributed by atoms with Crippen LogP contribution < -0.4 is 10.1 Å². The summed E-state index contributed by atoms with van der Waals surface area (Å²) >= 11 is 0. The molecule has 1 fully saturated rings. The lowest BCUT2D eigenvalue weighted by Gasteiger charge is -2.32. The number of benzene rings is 1. The standard InChI is InChI=1S/C18H29N3O4S.ClH/c1-5-21(6-2)26(23,24)17-12-14(9-10-16(17)25-4)18(22)20-11-7-8-15(13-20)19-3;/h9-10,12,15,19H,5-8,11,13H2,1-4H3;1H. The van der Waals surface area contributed by atoms with E-state index in [4.69, 9.17) is 4.74 Å². The molecule has 1 saturated heterocycles. The van der Waals surface area contributed by atoms with Gasteiger partial charge in [-0.1, -0.05) is 13.8 Å². The number of sulfonamides is 1. The average molecular weight is 420 g/mol. The molecule has 1 unspecified atom stereocenters. The fourth-order valence-electron chi connectivity index (χ4n) is 3.29. The molecule has 1 aliphatic heterocycles. The highest BCUT2D eigenvalue weighted by Gasteiger charge is 2.29. The van der Waals surface area contributed by atoms with Gasteiger partial charge in [-0.3, -0.25) is 4.79 Å². The number of carbonyl (C=O) groups excluding carboxylic acids is 1. The first kappa shape index (κ1) is 23.7. The van der Waals surface area contributed by atoms with Gasteiger partial charge in [0.05, 0.1) is 7.11 Å². The van der Waals surface area contributed by atoms with Gasteiger partial charge < -0.3 is 15.0 Å². The first-order valence-electron chi connectivity index (χ1n) is 9.03. The summed E-state index contributed by atoms with van der Waals surface area (Å²) in [5.41, 5.74) is 0.369. The van der Waals surface area contributed by atoms with Crippen molar-refractivity contribution in [2.75, 3.05) is 40.3 Å². The smallest absolute Gasteiger partial charge is 0.253 e. The summed E-state index contributed by atoms with van der Waals surface area (Å²) < 4.78 is 32.5. The summed E-state index contributed by atoms with van der Waals surface area (Å²) in [7, 11) is -0.400. The predicted molar refractivity (Wildman–Crippen MR) is 108 cm³/mol. The minimum absolute atomic E-state index is 0. The molecule has 9 heteroatoms. The first-order chi connectivity index (χ1) is 12.4. The molecule has 1 atom stereocenters. The van der Waals surface area contributed by atoms with Crippen LogP contribution in [0.2, 0.25) is 0 Å². The van der Waals surface area contributed by atoms with Crippen LogP contribution in [-0.2, 0) is 10.0 Å². The summed E-state index contributed by atoms with van der Waals surface area (Å²) in [4.78, 5) is 14.7. The number of ether oxygens (including phenoxy) is 1. The van der Waals surface area contributed by atoms with E-state index in [1.807, 2.05) is 7.05 Å². The number of nitrogens with zero attached hydrogens (tertiary/aromatic N) is 2. The van der Waals surface area contributed by atoms with E-state index in [9.17, 15) is 13.2 Å². The van der Waals surface area contributed by atoms with E-state index in [1.54, 1.807) is 30.9 Å². The van der Waals surface area contributed by atoms with Crippen molar-refractivity contribution in [1.82, 2.24) is 14.5 Å². The molecule has 0 aromatic heterocycles. The molecule has 0 bridgehead atoms. The highest BCUT2D eigenvalue weighted by atomic mass is 35.5. The zero-order valence-corrected chi connectivity index (χ0v) is 18.0. The van der Waals surface area contributed by atoms with E-state index in [1.165, 1.54) is 17.5 Å². The van der Waals surface area contributed by atoms with E-state index in [0.717, 1.165) is 12.8 Å². The van der Waals surface area contributed by atoms with Crippen molar-refractivity contribution in [2.24, 2.45) is 0 Å². The van der Waals surface area contributed by atoms with Gasteiger partial charge in [0.25, 0.3) is 5.91 Å². The zero-order valence-electron chi connectivity index (χ0n) is 16.4. The third kappa shape index (κ3) is 5.13. The van der Waals surface area contributed by atoms with E-state index >= 15 is 0 Å². The Morgan fingerprint density at radius 3 is 2.56 bits per heavy atom. The molecule has 0 radical (unpaired) electrons. The Hall–Kier alpha value is -1.35. The normalized spacial score (nSPS) is 17.5. The second kappa shape index (κ2) is 10.3. The number of methoxy groups -OCH3 is 1. The Morgan fingerprint density at radius 2 is 2.00 bits per heavy atom. The lowest BCUT2D eigenvalue weighted by atomic mass is 10.0. The van der Waals surface area contributed by atoms with Crippen LogP contribution in [0.25, 0.3) is 0 Å². The molecule has 27 heavy (non-hydrogen) atoms. The molecule has 1 aromatic carbocycles. The summed E-state index contributed by atoms with van der Waals surface area (Å²) in [5, 5.41) is 3.21. The molecule has 0 aliphatic carbocycles. The van der Waals surface area contributed by atoms with Crippen molar-refractivity contribution < 1.29 is 17.9 Å². The molecule has 1 aromatic rings. The van der Waals surface area contributed by atoms with E-state index < -0.39 is 10.0 Å². The van der Waals surface area contributed by atoms with E-state index in [2.05, 4.69) is 5.32 Å². The molecule has 2 rings (SSSR count). The van der Waals surface area contributed by atoms with Crippen molar-refractivity contribution >= 4 is 28.3 Å². The monoisotopic (exact) mass is 419 g/mol. The summed E-state index contributed by atoms with van der Waals surface area (Å²) in [5.74, 6) is 0.101. The first-order valence-corrected chi connectivity index (χ1v) is 10.5. The topological polar surface area (TPSA) is 79.0 Å². The van der Waals surface area contributed by atoms with Crippen molar-refractivity contribution in [2.45, 2.75) is 37.6 Å². The van der Waals surface area contributed by atoms with Crippen LogP contribution in [0.3, 0.4) is 0 Å². The molecule has 0 saturated carbocycles. The van der Waals surface area contributed by atoms with Crippen LogP contribution in [0, 0.1) is 0 Å². The Balaban J connectivity index is 0.00000364. The third-order valence-electron chi connectivity index (χ3n) is 4.85. The second-order valence-electron chi connectivity index (χ2n) is 6.33. The molecular formula is C18H30ClN3O4S. The molecule has 154 valence electrons. The number of likely N-dealkylation sites (N-methyl/N-ethyl adjacent to an activating group) is 1. The summed E-state index contributed by atoms with van der Waals surface area (Å²) in [6.07, 6.45) is 1.96. The summed E-state index contributed by atoms with van der Waals surface area (Å²) in [6.45, 7) is 5.59. The van der Waals surface area contributed by atoms with Gasteiger partial charge in [-0.25, -0.2) is 8.42 Å². The minimum atomic E-state index is -3.72. The molecule has 1 N–H and O–H groups in total. The lowest BCUT2D eigenvalue weighted by Crippen LogP contribution is -2.47. The van der Waals surface area contributed by atoms with Gasteiger partial charge in [0.2, 0.25) is 10.0 Å². The number of likely N-dealkylation sites (tertiary alicyclic amines) is 1.